The molecule has 0 bridgehead atoms. The molecule has 0 saturated carbocycles. The van der Waals surface area contributed by atoms with Crippen molar-refractivity contribution >= 4 is 68.0 Å². The summed E-state index contributed by atoms with van der Waals surface area (Å²) in [6.07, 6.45) is 0. The number of carbonyl (C=O) groups is 2. The summed E-state index contributed by atoms with van der Waals surface area (Å²) in [6, 6.07) is 0. The number of carbonyl (C=O) groups excluding carboxylic acids is 2. The van der Waals surface area contributed by atoms with Gasteiger partial charge in [0.1, 0.15) is 17.8 Å². The second-order valence-corrected chi connectivity index (χ2v) is 5.01. The zero-order valence-corrected chi connectivity index (χ0v) is 11.9. The number of alkyl halides is 2. The third-order valence-corrected chi connectivity index (χ3v) is 2.91. The fourth-order valence-corrected chi connectivity index (χ4v) is 1.85. The van der Waals surface area contributed by atoms with Crippen LogP contribution in [-0.2, 0) is 14.4 Å². The van der Waals surface area contributed by atoms with Crippen molar-refractivity contribution in [2.45, 2.75) is 4.84 Å². The number of hydrogen-bond acceptors (Lipinski definition) is 6. The summed E-state index contributed by atoms with van der Waals surface area (Å²) in [5.74, 6) is -0.650. The highest BCUT2D eigenvalue weighted by Crippen LogP contribution is 2.23. The van der Waals surface area contributed by atoms with E-state index in [9.17, 15) is 9.59 Å². The second-order valence-electron chi connectivity index (χ2n) is 2.72. The highest BCUT2D eigenvalue weighted by molar-refractivity contribution is 7.14. The Labute approximate surface area is 121 Å². The van der Waals surface area contributed by atoms with Gasteiger partial charge in [-0.1, -0.05) is 28.4 Å². The minimum Gasteiger partial charge on any atom is -0.398 e. The first-order valence-corrected chi connectivity index (χ1v) is 6.44. The number of thiazole rings is 1. The van der Waals surface area contributed by atoms with Crippen molar-refractivity contribution < 1.29 is 14.4 Å². The van der Waals surface area contributed by atoms with E-state index >= 15 is 0 Å². The largest absolute Gasteiger partial charge is 0.398 e. The normalized spacial score (nSPS) is 11.5. The maximum absolute atomic E-state index is 11.3. The molecule has 1 amide bonds. The minimum absolute atomic E-state index is 0.0872. The van der Waals surface area contributed by atoms with Crippen LogP contribution in [0.4, 0.5) is 5.00 Å². The Hall–Kier alpha value is -0.890. The predicted octanol–water partition coefficient (Wildman–Crippen LogP) is 2.00. The second kappa shape index (κ2) is 6.89. The van der Waals surface area contributed by atoms with Crippen LogP contribution in [0.15, 0.2) is 10.7 Å². The smallest absolute Gasteiger partial charge is 0.276 e. The van der Waals surface area contributed by atoms with Crippen molar-refractivity contribution in [1.82, 2.24) is 4.98 Å². The molecule has 0 aliphatic carbocycles. The topological polar surface area (TPSA) is 80.7 Å². The van der Waals surface area contributed by atoms with E-state index in [0.29, 0.717) is 0 Å². The van der Waals surface area contributed by atoms with Crippen molar-refractivity contribution in [2.24, 2.45) is 5.16 Å². The van der Waals surface area contributed by atoms with E-state index in [1.807, 2.05) is 0 Å². The van der Waals surface area contributed by atoms with Gasteiger partial charge < -0.3 is 10.2 Å². The molecule has 0 spiro atoms. The SMILES string of the molecule is CO/N=C(\C(=O)Cl)c1ncsc1NC(=O)C(Cl)Cl. The van der Waals surface area contributed by atoms with E-state index in [-0.39, 0.29) is 16.4 Å². The Bertz CT molecular complexity index is 489. The molecule has 18 heavy (non-hydrogen) atoms. The van der Waals surface area contributed by atoms with Gasteiger partial charge in [0.05, 0.1) is 5.51 Å². The zero-order valence-electron chi connectivity index (χ0n) is 8.82. The number of nitrogens with one attached hydrogen (secondary N) is 1. The molecule has 1 aromatic heterocycles. The van der Waals surface area contributed by atoms with Gasteiger partial charge in [0.2, 0.25) is 0 Å². The summed E-state index contributed by atoms with van der Waals surface area (Å²) >= 11 is 17.2. The van der Waals surface area contributed by atoms with Crippen LogP contribution < -0.4 is 5.32 Å². The highest BCUT2D eigenvalue weighted by atomic mass is 35.5. The van der Waals surface area contributed by atoms with Gasteiger partial charge >= 0.3 is 0 Å². The molecule has 0 fully saturated rings. The third-order valence-electron chi connectivity index (χ3n) is 1.60. The first-order chi connectivity index (χ1) is 8.47. The first-order valence-electron chi connectivity index (χ1n) is 4.31. The quantitative estimate of drug-likeness (QED) is 0.387. The lowest BCUT2D eigenvalue weighted by Gasteiger charge is -2.05. The molecule has 1 rings (SSSR count). The maximum atomic E-state index is 11.3. The van der Waals surface area contributed by atoms with Gasteiger partial charge in [-0.25, -0.2) is 4.98 Å². The summed E-state index contributed by atoms with van der Waals surface area (Å²) in [5.41, 5.74) is 1.26. The third kappa shape index (κ3) is 3.81. The van der Waals surface area contributed by atoms with Gasteiger partial charge in [0.25, 0.3) is 11.1 Å². The molecule has 1 N–H and O–H groups in total. The van der Waals surface area contributed by atoms with Crippen LogP contribution >= 0.6 is 46.1 Å². The molecule has 6 nitrogen and oxygen atoms in total. The summed E-state index contributed by atoms with van der Waals surface area (Å²) in [5, 5.41) is 5.21. The monoisotopic (exact) mass is 329 g/mol. The van der Waals surface area contributed by atoms with Gasteiger partial charge in [0.15, 0.2) is 10.5 Å². The molecule has 0 aliphatic rings. The van der Waals surface area contributed by atoms with Crippen LogP contribution in [0, 0.1) is 0 Å². The summed E-state index contributed by atoms with van der Waals surface area (Å²) in [7, 11) is 1.25. The Morgan fingerprint density at radius 2 is 2.22 bits per heavy atom. The van der Waals surface area contributed by atoms with Crippen molar-refractivity contribution in [3.8, 4) is 0 Å². The molecular weight excluding hydrogens is 325 g/mol. The number of halogens is 3. The molecular formula is C8H6Cl3N3O3S. The molecule has 98 valence electrons. The standard InChI is InChI=1S/C8H6Cl3N3O3S/c1-17-14-3(6(11)15)4-8(18-2-12-4)13-7(16)5(9)10/h2,5H,1H3,(H,13,16)/b14-3-. The highest BCUT2D eigenvalue weighted by Gasteiger charge is 2.22. The van der Waals surface area contributed by atoms with E-state index in [2.05, 4.69) is 20.3 Å². The lowest BCUT2D eigenvalue weighted by atomic mass is 10.3. The molecule has 0 aliphatic heterocycles. The van der Waals surface area contributed by atoms with Gasteiger partial charge in [0, 0.05) is 0 Å². The number of oxime groups is 1. The van der Waals surface area contributed by atoms with Crippen molar-refractivity contribution in [3.05, 3.63) is 11.2 Å². The minimum atomic E-state index is -1.24. The number of anilines is 1. The van der Waals surface area contributed by atoms with E-state index in [1.54, 1.807) is 0 Å². The lowest BCUT2D eigenvalue weighted by molar-refractivity contribution is -0.114. The molecule has 0 unspecified atom stereocenters. The predicted molar refractivity (Wildman–Crippen MR) is 70.6 cm³/mol. The average Bonchev–Trinajstić information content (AvgIpc) is 2.73. The van der Waals surface area contributed by atoms with Crippen LogP contribution in [-0.4, -0.2) is 33.8 Å². The van der Waals surface area contributed by atoms with Gasteiger partial charge in [-0.15, -0.1) is 11.3 Å². The molecule has 0 saturated heterocycles. The number of nitrogens with zero attached hydrogens (tertiary/aromatic N) is 2. The summed E-state index contributed by atoms with van der Waals surface area (Å²) in [6.45, 7) is 0. The lowest BCUT2D eigenvalue weighted by Crippen LogP contribution is -2.20. The van der Waals surface area contributed by atoms with Crippen LogP contribution in [0.25, 0.3) is 0 Å². The summed E-state index contributed by atoms with van der Waals surface area (Å²) in [4.78, 5) is 29.6. The molecule has 0 aromatic carbocycles. The number of aromatic nitrogens is 1. The van der Waals surface area contributed by atoms with Gasteiger partial charge in [-0.2, -0.15) is 0 Å². The Morgan fingerprint density at radius 1 is 1.56 bits per heavy atom. The molecule has 10 heteroatoms. The van der Waals surface area contributed by atoms with Crippen LogP contribution in [0.5, 0.6) is 0 Å². The Morgan fingerprint density at radius 3 is 2.72 bits per heavy atom. The molecule has 1 heterocycles. The maximum Gasteiger partial charge on any atom is 0.276 e. The van der Waals surface area contributed by atoms with Crippen LogP contribution in [0.3, 0.4) is 0 Å². The van der Waals surface area contributed by atoms with Crippen molar-refractivity contribution in [1.29, 1.82) is 0 Å². The van der Waals surface area contributed by atoms with E-state index in [4.69, 9.17) is 34.8 Å². The van der Waals surface area contributed by atoms with Gasteiger partial charge in [-0.3, -0.25) is 9.59 Å². The van der Waals surface area contributed by atoms with Crippen molar-refractivity contribution in [2.75, 3.05) is 12.4 Å². The van der Waals surface area contributed by atoms with Gasteiger partial charge in [-0.05, 0) is 11.6 Å². The number of rotatable bonds is 5. The van der Waals surface area contributed by atoms with E-state index in [0.717, 1.165) is 11.3 Å². The van der Waals surface area contributed by atoms with Crippen LogP contribution in [0.1, 0.15) is 5.69 Å². The molecule has 0 atom stereocenters. The Kier molecular flexibility index (Phi) is 5.80. The summed E-state index contributed by atoms with van der Waals surface area (Å²) < 4.78 is 0. The first kappa shape index (κ1) is 15.2. The van der Waals surface area contributed by atoms with E-state index < -0.39 is 16.0 Å². The van der Waals surface area contributed by atoms with Crippen molar-refractivity contribution in [3.63, 3.8) is 0 Å². The number of amides is 1. The molecule has 1 aromatic rings. The van der Waals surface area contributed by atoms with Crippen LogP contribution in [0.2, 0.25) is 0 Å². The fourth-order valence-electron chi connectivity index (χ4n) is 0.933. The van der Waals surface area contributed by atoms with E-state index in [1.165, 1.54) is 12.6 Å². The fraction of sp³-hybridized carbons (Fsp3) is 0.250. The molecule has 0 radical (unpaired) electrons. The number of hydrogen-bond donors (Lipinski definition) is 1. The Balaban J connectivity index is 3.04. The average molecular weight is 331 g/mol. The zero-order chi connectivity index (χ0) is 13.7.